The molecule has 0 unspecified atom stereocenters. The lowest BCUT2D eigenvalue weighted by Gasteiger charge is -2.27. The number of ether oxygens (including phenoxy) is 1. The zero-order chi connectivity index (χ0) is 17.6. The van der Waals surface area contributed by atoms with E-state index in [0.29, 0.717) is 17.5 Å². The van der Waals surface area contributed by atoms with Gasteiger partial charge >= 0.3 is 0 Å². The first kappa shape index (κ1) is 16.6. The van der Waals surface area contributed by atoms with Gasteiger partial charge in [-0.05, 0) is 25.2 Å². The van der Waals surface area contributed by atoms with Crippen LogP contribution < -0.4 is 14.4 Å². The number of hydrogen-bond donors (Lipinski definition) is 1. The average molecular weight is 380 g/mol. The molecule has 0 aliphatic carbocycles. The van der Waals surface area contributed by atoms with Crippen LogP contribution in [0.25, 0.3) is 0 Å². The smallest absolute Gasteiger partial charge is 0.263 e. The Morgan fingerprint density at radius 3 is 2.96 bits per heavy atom. The Balaban J connectivity index is 1.61. The number of benzene rings is 1. The molecule has 1 aromatic carbocycles. The lowest BCUT2D eigenvalue weighted by atomic mass is 10.2. The van der Waals surface area contributed by atoms with Gasteiger partial charge in [0, 0.05) is 31.4 Å². The molecule has 0 fully saturated rings. The highest BCUT2D eigenvalue weighted by molar-refractivity contribution is 7.93. The predicted molar refractivity (Wildman–Crippen MR) is 98.2 cm³/mol. The fraction of sp³-hybridized carbons (Fsp3) is 0.438. The minimum absolute atomic E-state index is 0.217. The van der Waals surface area contributed by atoms with E-state index in [1.165, 1.54) is 11.3 Å². The number of fused-ring (bicyclic) bond motifs is 2. The standard InChI is InChI=1S/C16H20N4O3S2/c1-19-6-5-12-15(10-19)24-16(17-12)18-25(21,22)11-3-4-14-13(9-11)20(2)7-8-23-14/h3-4,9H,5-8,10H2,1-2H3,(H,17,18). The molecule has 2 aliphatic heterocycles. The Morgan fingerprint density at radius 1 is 1.28 bits per heavy atom. The summed E-state index contributed by atoms with van der Waals surface area (Å²) in [6.07, 6.45) is 0.852. The summed E-state index contributed by atoms with van der Waals surface area (Å²) in [6.45, 7) is 3.10. The molecule has 1 N–H and O–H groups in total. The van der Waals surface area contributed by atoms with Gasteiger partial charge in [0.25, 0.3) is 10.0 Å². The Morgan fingerprint density at radius 2 is 2.12 bits per heavy atom. The summed E-state index contributed by atoms with van der Waals surface area (Å²) in [5.74, 6) is 0.709. The summed E-state index contributed by atoms with van der Waals surface area (Å²) in [6, 6.07) is 4.93. The van der Waals surface area contributed by atoms with E-state index in [1.807, 2.05) is 11.9 Å². The number of aromatic nitrogens is 1. The van der Waals surface area contributed by atoms with Crippen molar-refractivity contribution in [2.75, 3.05) is 43.4 Å². The van der Waals surface area contributed by atoms with Crippen molar-refractivity contribution in [1.29, 1.82) is 0 Å². The zero-order valence-corrected chi connectivity index (χ0v) is 15.8. The average Bonchev–Trinajstić information content (AvgIpc) is 2.95. The van der Waals surface area contributed by atoms with Crippen LogP contribution in [-0.4, -0.2) is 52.1 Å². The van der Waals surface area contributed by atoms with E-state index in [-0.39, 0.29) is 4.90 Å². The van der Waals surface area contributed by atoms with Crippen LogP contribution in [0.2, 0.25) is 0 Å². The molecular weight excluding hydrogens is 360 g/mol. The van der Waals surface area contributed by atoms with Crippen molar-refractivity contribution in [2.24, 2.45) is 0 Å². The topological polar surface area (TPSA) is 74.8 Å². The molecule has 134 valence electrons. The third-order valence-corrected chi connectivity index (χ3v) is 6.94. The van der Waals surface area contributed by atoms with Crippen molar-refractivity contribution in [3.05, 3.63) is 28.8 Å². The first-order chi connectivity index (χ1) is 11.9. The summed E-state index contributed by atoms with van der Waals surface area (Å²) in [7, 11) is 0.300. The van der Waals surface area contributed by atoms with Crippen LogP contribution in [0, 0.1) is 0 Å². The van der Waals surface area contributed by atoms with Crippen LogP contribution >= 0.6 is 11.3 Å². The lowest BCUT2D eigenvalue weighted by molar-refractivity contribution is 0.311. The van der Waals surface area contributed by atoms with Crippen LogP contribution in [-0.2, 0) is 23.0 Å². The third-order valence-electron chi connectivity index (χ3n) is 4.48. The van der Waals surface area contributed by atoms with Crippen molar-refractivity contribution in [3.8, 4) is 5.75 Å². The van der Waals surface area contributed by atoms with Crippen LogP contribution in [0.15, 0.2) is 23.1 Å². The highest BCUT2D eigenvalue weighted by Crippen LogP contribution is 2.34. The van der Waals surface area contributed by atoms with Gasteiger partial charge in [0.1, 0.15) is 12.4 Å². The summed E-state index contributed by atoms with van der Waals surface area (Å²) in [5, 5.41) is 0.433. The normalized spacial score (nSPS) is 17.6. The maximum absolute atomic E-state index is 12.8. The van der Waals surface area contributed by atoms with Gasteiger partial charge in [0.15, 0.2) is 5.13 Å². The van der Waals surface area contributed by atoms with E-state index in [4.69, 9.17) is 4.74 Å². The molecule has 0 radical (unpaired) electrons. The zero-order valence-electron chi connectivity index (χ0n) is 14.2. The van der Waals surface area contributed by atoms with Gasteiger partial charge in [-0.15, -0.1) is 0 Å². The molecular formula is C16H20N4O3S2. The maximum Gasteiger partial charge on any atom is 0.263 e. The molecule has 0 spiro atoms. The number of nitrogens with zero attached hydrogens (tertiary/aromatic N) is 3. The van der Waals surface area contributed by atoms with Gasteiger partial charge in [-0.2, -0.15) is 0 Å². The summed E-state index contributed by atoms with van der Waals surface area (Å²) in [5.41, 5.74) is 1.79. The first-order valence-electron chi connectivity index (χ1n) is 8.10. The highest BCUT2D eigenvalue weighted by Gasteiger charge is 2.24. The number of nitrogens with one attached hydrogen (secondary N) is 1. The molecule has 0 saturated heterocycles. The summed E-state index contributed by atoms with van der Waals surface area (Å²) >= 11 is 1.41. The van der Waals surface area contributed by atoms with E-state index in [9.17, 15) is 8.42 Å². The SMILES string of the molecule is CN1CCc2nc(NS(=O)(=O)c3ccc4c(c3)N(C)CCO4)sc2C1. The van der Waals surface area contributed by atoms with E-state index in [0.717, 1.165) is 42.3 Å². The highest BCUT2D eigenvalue weighted by atomic mass is 32.2. The Hall–Kier alpha value is -1.84. The van der Waals surface area contributed by atoms with E-state index in [2.05, 4.69) is 21.7 Å². The predicted octanol–water partition coefficient (Wildman–Crippen LogP) is 1.76. The van der Waals surface area contributed by atoms with Crippen molar-refractivity contribution >= 4 is 32.2 Å². The van der Waals surface area contributed by atoms with Gasteiger partial charge in [-0.25, -0.2) is 13.4 Å². The van der Waals surface area contributed by atoms with Gasteiger partial charge in [0.05, 0.1) is 22.8 Å². The molecule has 0 saturated carbocycles. The van der Waals surface area contributed by atoms with E-state index in [1.54, 1.807) is 18.2 Å². The minimum atomic E-state index is -3.68. The number of thiazole rings is 1. The quantitative estimate of drug-likeness (QED) is 0.875. The van der Waals surface area contributed by atoms with Crippen molar-refractivity contribution in [2.45, 2.75) is 17.9 Å². The number of likely N-dealkylation sites (N-methyl/N-ethyl adjacent to an activating group) is 2. The molecule has 9 heteroatoms. The molecule has 25 heavy (non-hydrogen) atoms. The Labute approximate surface area is 151 Å². The second-order valence-corrected chi connectivity index (χ2v) is 9.15. The van der Waals surface area contributed by atoms with E-state index >= 15 is 0 Å². The fourth-order valence-electron chi connectivity index (χ4n) is 3.04. The van der Waals surface area contributed by atoms with Crippen LogP contribution in [0.4, 0.5) is 10.8 Å². The summed E-state index contributed by atoms with van der Waals surface area (Å²) in [4.78, 5) is 10.0. The second kappa shape index (κ2) is 6.15. The van der Waals surface area contributed by atoms with E-state index < -0.39 is 10.0 Å². The molecule has 1 aromatic heterocycles. The van der Waals surface area contributed by atoms with Gasteiger partial charge < -0.3 is 14.5 Å². The number of rotatable bonds is 3. The Bertz CT molecular complexity index is 910. The summed E-state index contributed by atoms with van der Waals surface area (Å²) < 4.78 is 33.7. The monoisotopic (exact) mass is 380 g/mol. The van der Waals surface area contributed by atoms with Crippen LogP contribution in [0.3, 0.4) is 0 Å². The molecule has 7 nitrogen and oxygen atoms in total. The first-order valence-corrected chi connectivity index (χ1v) is 10.4. The van der Waals surface area contributed by atoms with Crippen molar-refractivity contribution < 1.29 is 13.2 Å². The second-order valence-electron chi connectivity index (χ2n) is 6.38. The molecule has 2 aromatic rings. The van der Waals surface area contributed by atoms with Crippen molar-refractivity contribution in [1.82, 2.24) is 9.88 Å². The fourth-order valence-corrected chi connectivity index (χ4v) is 5.38. The van der Waals surface area contributed by atoms with Gasteiger partial charge in [-0.3, -0.25) is 4.72 Å². The molecule has 0 amide bonds. The van der Waals surface area contributed by atoms with Crippen LogP contribution in [0.5, 0.6) is 5.75 Å². The lowest BCUT2D eigenvalue weighted by Crippen LogP contribution is -2.29. The largest absolute Gasteiger partial charge is 0.490 e. The molecule has 4 rings (SSSR count). The number of sulfonamides is 1. The molecule has 2 aliphatic rings. The molecule has 0 atom stereocenters. The third kappa shape index (κ3) is 3.19. The molecule has 0 bridgehead atoms. The number of hydrogen-bond acceptors (Lipinski definition) is 7. The molecule has 3 heterocycles. The number of anilines is 2. The van der Waals surface area contributed by atoms with Gasteiger partial charge in [0.2, 0.25) is 0 Å². The Kier molecular flexibility index (Phi) is 4.09. The minimum Gasteiger partial charge on any atom is -0.490 e. The van der Waals surface area contributed by atoms with Gasteiger partial charge in [-0.1, -0.05) is 11.3 Å². The maximum atomic E-state index is 12.8. The van der Waals surface area contributed by atoms with Crippen molar-refractivity contribution in [3.63, 3.8) is 0 Å². The van der Waals surface area contributed by atoms with Crippen LogP contribution in [0.1, 0.15) is 10.6 Å².